The van der Waals surface area contributed by atoms with Crippen LogP contribution in [0, 0.1) is 13.8 Å². The molecule has 0 amide bonds. The van der Waals surface area contributed by atoms with Crippen LogP contribution in [0.4, 0.5) is 0 Å². The second-order valence-electron chi connectivity index (χ2n) is 4.86. The fourth-order valence-corrected chi connectivity index (χ4v) is 2.12. The third kappa shape index (κ3) is 3.14. The van der Waals surface area contributed by atoms with Crippen LogP contribution in [0.2, 0.25) is 0 Å². The zero-order chi connectivity index (χ0) is 16.3. The number of hydrogen-bond acceptors (Lipinski definition) is 4. The van der Waals surface area contributed by atoms with Crippen molar-refractivity contribution in [1.29, 1.82) is 0 Å². The van der Waals surface area contributed by atoms with Gasteiger partial charge in [-0.1, -0.05) is 0 Å². The van der Waals surface area contributed by atoms with Crippen LogP contribution in [-0.4, -0.2) is 25.3 Å². The molecule has 0 heterocycles. The van der Waals surface area contributed by atoms with Gasteiger partial charge in [0.25, 0.3) is 0 Å². The van der Waals surface area contributed by atoms with Crippen molar-refractivity contribution in [3.63, 3.8) is 0 Å². The lowest BCUT2D eigenvalue weighted by Gasteiger charge is -2.15. The molecular formula is C17H18O5. The minimum absolute atomic E-state index is 0.0409. The smallest absolute Gasteiger partial charge is 0.339 e. The Hall–Kier alpha value is -2.69. The molecule has 5 nitrogen and oxygen atoms in total. The molecule has 0 aromatic heterocycles. The van der Waals surface area contributed by atoms with Crippen LogP contribution in [0.1, 0.15) is 21.5 Å². The fourth-order valence-electron chi connectivity index (χ4n) is 2.12. The van der Waals surface area contributed by atoms with Crippen molar-refractivity contribution in [2.45, 2.75) is 13.8 Å². The molecule has 0 fully saturated rings. The number of carboxylic acid groups (broad SMARTS) is 1. The lowest BCUT2D eigenvalue weighted by molar-refractivity contribution is 0.0693. The van der Waals surface area contributed by atoms with E-state index >= 15 is 0 Å². The van der Waals surface area contributed by atoms with E-state index < -0.39 is 5.97 Å². The highest BCUT2D eigenvalue weighted by atomic mass is 16.5. The zero-order valence-corrected chi connectivity index (χ0v) is 13.0. The van der Waals surface area contributed by atoms with Gasteiger partial charge in [0.1, 0.15) is 28.6 Å². The van der Waals surface area contributed by atoms with Crippen LogP contribution in [0.25, 0.3) is 0 Å². The van der Waals surface area contributed by atoms with Crippen molar-refractivity contribution in [3.8, 4) is 23.0 Å². The molecule has 0 bridgehead atoms. The minimum atomic E-state index is -1.08. The molecule has 0 aliphatic rings. The molecule has 0 spiro atoms. The quantitative estimate of drug-likeness (QED) is 0.909. The Balaban J connectivity index is 2.47. The molecule has 1 N–H and O–H groups in total. The Morgan fingerprint density at radius 3 is 2.23 bits per heavy atom. The predicted molar refractivity (Wildman–Crippen MR) is 82.5 cm³/mol. The van der Waals surface area contributed by atoms with Gasteiger partial charge in [-0.2, -0.15) is 0 Å². The first-order valence-corrected chi connectivity index (χ1v) is 6.70. The van der Waals surface area contributed by atoms with Crippen LogP contribution in [0.15, 0.2) is 30.3 Å². The first kappa shape index (κ1) is 15.7. The zero-order valence-electron chi connectivity index (χ0n) is 13.0. The molecule has 0 saturated heterocycles. The van der Waals surface area contributed by atoms with Gasteiger partial charge in [0.15, 0.2) is 0 Å². The van der Waals surface area contributed by atoms with Gasteiger partial charge in [0.2, 0.25) is 0 Å². The number of hydrogen-bond donors (Lipinski definition) is 1. The summed E-state index contributed by atoms with van der Waals surface area (Å²) in [5.41, 5.74) is 1.81. The number of benzene rings is 2. The molecule has 2 aromatic rings. The molecule has 0 radical (unpaired) electrons. The number of methoxy groups -OCH3 is 2. The Labute approximate surface area is 129 Å². The first-order valence-electron chi connectivity index (χ1n) is 6.70. The Bertz CT molecular complexity index is 706. The molecule has 116 valence electrons. The highest BCUT2D eigenvalue weighted by Gasteiger charge is 2.16. The summed E-state index contributed by atoms with van der Waals surface area (Å²) in [6.45, 7) is 3.78. The summed E-state index contributed by atoms with van der Waals surface area (Å²) >= 11 is 0. The van der Waals surface area contributed by atoms with E-state index in [0.717, 1.165) is 11.1 Å². The van der Waals surface area contributed by atoms with E-state index in [1.807, 2.05) is 26.0 Å². The molecule has 22 heavy (non-hydrogen) atoms. The van der Waals surface area contributed by atoms with Gasteiger partial charge in [-0.25, -0.2) is 4.79 Å². The molecule has 0 aliphatic carbocycles. The predicted octanol–water partition coefficient (Wildman–Crippen LogP) is 3.81. The van der Waals surface area contributed by atoms with Crippen molar-refractivity contribution in [2.24, 2.45) is 0 Å². The maximum absolute atomic E-state index is 11.4. The van der Waals surface area contributed by atoms with Crippen LogP contribution >= 0.6 is 0 Å². The van der Waals surface area contributed by atoms with E-state index in [1.165, 1.54) is 13.2 Å². The third-order valence-electron chi connectivity index (χ3n) is 3.31. The van der Waals surface area contributed by atoms with Crippen molar-refractivity contribution in [2.75, 3.05) is 14.2 Å². The summed E-state index contributed by atoms with van der Waals surface area (Å²) in [6, 6.07) is 8.41. The Morgan fingerprint density at radius 2 is 1.64 bits per heavy atom. The molecular weight excluding hydrogens is 284 g/mol. The molecule has 5 heteroatoms. The van der Waals surface area contributed by atoms with Gasteiger partial charge in [-0.05, 0) is 49.7 Å². The van der Waals surface area contributed by atoms with E-state index in [0.29, 0.717) is 17.2 Å². The van der Waals surface area contributed by atoms with Gasteiger partial charge in [-0.3, -0.25) is 0 Å². The van der Waals surface area contributed by atoms with Crippen molar-refractivity contribution in [3.05, 3.63) is 47.0 Å². The summed E-state index contributed by atoms with van der Waals surface area (Å²) < 4.78 is 16.2. The lowest BCUT2D eigenvalue weighted by atomic mass is 10.1. The SMILES string of the molecule is COc1ccc(Oc2cc(C)cc(OC)c2C)c(C(=O)O)c1. The van der Waals surface area contributed by atoms with Gasteiger partial charge in [0.05, 0.1) is 14.2 Å². The lowest BCUT2D eigenvalue weighted by Crippen LogP contribution is -2.02. The van der Waals surface area contributed by atoms with Crippen LogP contribution < -0.4 is 14.2 Å². The van der Waals surface area contributed by atoms with Gasteiger partial charge in [-0.15, -0.1) is 0 Å². The van der Waals surface area contributed by atoms with Gasteiger partial charge >= 0.3 is 5.97 Å². The third-order valence-corrected chi connectivity index (χ3v) is 3.31. The molecule has 2 rings (SSSR count). The topological polar surface area (TPSA) is 65.0 Å². The summed E-state index contributed by atoms with van der Waals surface area (Å²) in [5.74, 6) is 0.892. The summed E-state index contributed by atoms with van der Waals surface area (Å²) in [4.78, 5) is 11.4. The van der Waals surface area contributed by atoms with E-state index in [2.05, 4.69) is 0 Å². The van der Waals surface area contributed by atoms with E-state index in [-0.39, 0.29) is 11.3 Å². The largest absolute Gasteiger partial charge is 0.497 e. The average Bonchev–Trinajstić information content (AvgIpc) is 2.50. The highest BCUT2D eigenvalue weighted by molar-refractivity contribution is 5.91. The Kier molecular flexibility index (Phi) is 4.56. The van der Waals surface area contributed by atoms with E-state index in [9.17, 15) is 9.90 Å². The summed E-state index contributed by atoms with van der Waals surface area (Å²) in [7, 11) is 3.07. The summed E-state index contributed by atoms with van der Waals surface area (Å²) in [6.07, 6.45) is 0. The molecule has 0 aliphatic heterocycles. The fraction of sp³-hybridized carbons (Fsp3) is 0.235. The Morgan fingerprint density at radius 1 is 0.955 bits per heavy atom. The van der Waals surface area contributed by atoms with Crippen LogP contribution in [0.5, 0.6) is 23.0 Å². The van der Waals surface area contributed by atoms with Crippen molar-refractivity contribution >= 4 is 5.97 Å². The number of carboxylic acids is 1. The number of carbonyl (C=O) groups is 1. The van der Waals surface area contributed by atoms with E-state index in [1.54, 1.807) is 19.2 Å². The number of ether oxygens (including phenoxy) is 3. The molecule has 0 unspecified atom stereocenters. The van der Waals surface area contributed by atoms with Crippen LogP contribution in [0.3, 0.4) is 0 Å². The number of aryl methyl sites for hydroxylation is 1. The van der Waals surface area contributed by atoms with Crippen molar-refractivity contribution in [1.82, 2.24) is 0 Å². The standard InChI is InChI=1S/C17H18O5/c1-10-7-15(21-4)11(2)16(8-10)22-14-6-5-12(20-3)9-13(14)17(18)19/h5-9H,1-4H3,(H,18,19). The molecule has 0 atom stereocenters. The molecule has 0 saturated carbocycles. The van der Waals surface area contributed by atoms with Crippen molar-refractivity contribution < 1.29 is 24.1 Å². The second kappa shape index (κ2) is 6.39. The minimum Gasteiger partial charge on any atom is -0.497 e. The molecule has 2 aromatic carbocycles. The maximum atomic E-state index is 11.4. The van der Waals surface area contributed by atoms with Gasteiger partial charge < -0.3 is 19.3 Å². The van der Waals surface area contributed by atoms with Gasteiger partial charge in [0, 0.05) is 5.56 Å². The summed E-state index contributed by atoms with van der Waals surface area (Å²) in [5, 5.41) is 9.33. The average molecular weight is 302 g/mol. The number of aromatic carboxylic acids is 1. The maximum Gasteiger partial charge on any atom is 0.339 e. The second-order valence-corrected chi connectivity index (χ2v) is 4.86. The van der Waals surface area contributed by atoms with Crippen LogP contribution in [-0.2, 0) is 0 Å². The monoisotopic (exact) mass is 302 g/mol. The number of rotatable bonds is 5. The van der Waals surface area contributed by atoms with E-state index in [4.69, 9.17) is 14.2 Å². The first-order chi connectivity index (χ1) is 10.5. The normalized spacial score (nSPS) is 10.2. The highest BCUT2D eigenvalue weighted by Crippen LogP contribution is 2.35.